The van der Waals surface area contributed by atoms with Gasteiger partial charge in [-0.25, -0.2) is 0 Å². The van der Waals surface area contributed by atoms with Crippen molar-refractivity contribution in [2.45, 2.75) is 33.0 Å². The van der Waals surface area contributed by atoms with Gasteiger partial charge in [-0.05, 0) is 30.7 Å². The van der Waals surface area contributed by atoms with Gasteiger partial charge in [-0.3, -0.25) is 9.69 Å². The normalized spacial score (nSPS) is 17.2. The van der Waals surface area contributed by atoms with Crippen LogP contribution in [0, 0.1) is 0 Å². The standard InChI is InChI=1S/C20H24N2O3/c1-14-11-22(12-16-4-7-18(8-5-16)21-15(2)23)13-17-6-9-19(24-3)10-20(17)25-14/h4-10,14H,11-13H2,1-3H3,(H,21,23). The van der Waals surface area contributed by atoms with Gasteiger partial charge in [0.1, 0.15) is 17.6 Å². The van der Waals surface area contributed by atoms with Crippen molar-refractivity contribution >= 4 is 11.6 Å². The quantitative estimate of drug-likeness (QED) is 0.926. The van der Waals surface area contributed by atoms with E-state index in [9.17, 15) is 4.79 Å². The van der Waals surface area contributed by atoms with E-state index in [0.717, 1.165) is 36.8 Å². The molecule has 5 heteroatoms. The van der Waals surface area contributed by atoms with Crippen molar-refractivity contribution in [3.05, 3.63) is 53.6 Å². The van der Waals surface area contributed by atoms with E-state index in [4.69, 9.17) is 9.47 Å². The molecular weight excluding hydrogens is 316 g/mol. The second-order valence-electron chi connectivity index (χ2n) is 6.45. The van der Waals surface area contributed by atoms with Crippen LogP contribution in [0.4, 0.5) is 5.69 Å². The SMILES string of the molecule is COc1ccc2c(c1)OC(C)CN(Cc1ccc(NC(C)=O)cc1)C2. The van der Waals surface area contributed by atoms with Gasteiger partial charge in [-0.15, -0.1) is 0 Å². The van der Waals surface area contributed by atoms with Gasteiger partial charge in [0.05, 0.1) is 7.11 Å². The van der Waals surface area contributed by atoms with Gasteiger partial charge in [0, 0.05) is 43.9 Å². The number of amides is 1. The van der Waals surface area contributed by atoms with Crippen molar-refractivity contribution in [1.82, 2.24) is 4.90 Å². The molecule has 25 heavy (non-hydrogen) atoms. The molecular formula is C20H24N2O3. The lowest BCUT2D eigenvalue weighted by Gasteiger charge is -2.22. The van der Waals surface area contributed by atoms with Crippen LogP contribution >= 0.6 is 0 Å². The summed E-state index contributed by atoms with van der Waals surface area (Å²) in [6.45, 7) is 6.11. The monoisotopic (exact) mass is 340 g/mol. The third kappa shape index (κ3) is 4.51. The number of nitrogens with zero attached hydrogens (tertiary/aromatic N) is 1. The van der Waals surface area contributed by atoms with Crippen molar-refractivity contribution in [2.24, 2.45) is 0 Å². The maximum Gasteiger partial charge on any atom is 0.221 e. The molecule has 0 bridgehead atoms. The number of carbonyl (C=O) groups is 1. The molecule has 1 N–H and O–H groups in total. The van der Waals surface area contributed by atoms with Crippen molar-refractivity contribution < 1.29 is 14.3 Å². The first-order valence-corrected chi connectivity index (χ1v) is 8.46. The number of hydrogen-bond acceptors (Lipinski definition) is 4. The first kappa shape index (κ1) is 17.3. The van der Waals surface area contributed by atoms with Crippen LogP contribution in [0.1, 0.15) is 25.0 Å². The van der Waals surface area contributed by atoms with Gasteiger partial charge in [0.25, 0.3) is 0 Å². The Balaban J connectivity index is 1.72. The Morgan fingerprint density at radius 3 is 2.72 bits per heavy atom. The average Bonchev–Trinajstić information content (AvgIpc) is 2.72. The number of rotatable bonds is 4. The van der Waals surface area contributed by atoms with E-state index >= 15 is 0 Å². The highest BCUT2D eigenvalue weighted by molar-refractivity contribution is 5.88. The molecule has 0 radical (unpaired) electrons. The molecule has 1 amide bonds. The summed E-state index contributed by atoms with van der Waals surface area (Å²) in [5, 5.41) is 2.79. The third-order valence-corrected chi connectivity index (χ3v) is 4.19. The zero-order chi connectivity index (χ0) is 17.8. The maximum atomic E-state index is 11.1. The van der Waals surface area contributed by atoms with Gasteiger partial charge in [-0.2, -0.15) is 0 Å². The number of nitrogens with one attached hydrogen (secondary N) is 1. The number of fused-ring (bicyclic) bond motifs is 1. The molecule has 2 aromatic carbocycles. The number of anilines is 1. The number of benzene rings is 2. The van der Waals surface area contributed by atoms with Gasteiger partial charge in [-0.1, -0.05) is 18.2 Å². The molecule has 0 saturated carbocycles. The van der Waals surface area contributed by atoms with Crippen LogP contribution < -0.4 is 14.8 Å². The second-order valence-corrected chi connectivity index (χ2v) is 6.45. The molecule has 0 aliphatic carbocycles. The first-order chi connectivity index (χ1) is 12.0. The fraction of sp³-hybridized carbons (Fsp3) is 0.350. The van der Waals surface area contributed by atoms with E-state index in [1.807, 2.05) is 24.3 Å². The lowest BCUT2D eigenvalue weighted by Crippen LogP contribution is -2.30. The minimum absolute atomic E-state index is 0.0572. The number of carbonyl (C=O) groups excluding carboxylic acids is 1. The summed E-state index contributed by atoms with van der Waals surface area (Å²) in [6, 6.07) is 14.0. The second kappa shape index (κ2) is 7.57. The molecule has 1 atom stereocenters. The van der Waals surface area contributed by atoms with E-state index < -0.39 is 0 Å². The Morgan fingerprint density at radius 2 is 2.04 bits per heavy atom. The van der Waals surface area contributed by atoms with E-state index in [0.29, 0.717) is 0 Å². The van der Waals surface area contributed by atoms with Crippen LogP contribution in [0.15, 0.2) is 42.5 Å². The fourth-order valence-corrected chi connectivity index (χ4v) is 3.10. The zero-order valence-electron chi connectivity index (χ0n) is 14.9. The number of hydrogen-bond donors (Lipinski definition) is 1. The predicted molar refractivity (Wildman–Crippen MR) is 97.9 cm³/mol. The highest BCUT2D eigenvalue weighted by Gasteiger charge is 2.20. The predicted octanol–water partition coefficient (Wildman–Crippen LogP) is 3.44. The van der Waals surface area contributed by atoms with Gasteiger partial charge >= 0.3 is 0 Å². The highest BCUT2D eigenvalue weighted by Crippen LogP contribution is 2.30. The van der Waals surface area contributed by atoms with E-state index in [1.54, 1.807) is 7.11 Å². The van der Waals surface area contributed by atoms with Gasteiger partial charge in [0.15, 0.2) is 0 Å². The van der Waals surface area contributed by atoms with E-state index in [-0.39, 0.29) is 12.0 Å². The molecule has 1 unspecified atom stereocenters. The smallest absolute Gasteiger partial charge is 0.221 e. The van der Waals surface area contributed by atoms with Crippen LogP contribution in [-0.4, -0.2) is 30.6 Å². The molecule has 1 heterocycles. The van der Waals surface area contributed by atoms with Crippen LogP contribution in [0.2, 0.25) is 0 Å². The summed E-state index contributed by atoms with van der Waals surface area (Å²) in [7, 11) is 1.67. The molecule has 0 aromatic heterocycles. The summed E-state index contributed by atoms with van der Waals surface area (Å²) in [5.74, 6) is 1.65. The van der Waals surface area contributed by atoms with Crippen LogP contribution in [0.25, 0.3) is 0 Å². The zero-order valence-corrected chi connectivity index (χ0v) is 14.9. The highest BCUT2D eigenvalue weighted by atomic mass is 16.5. The van der Waals surface area contributed by atoms with Crippen molar-refractivity contribution in [1.29, 1.82) is 0 Å². The maximum absolute atomic E-state index is 11.1. The fourth-order valence-electron chi connectivity index (χ4n) is 3.10. The van der Waals surface area contributed by atoms with E-state index in [2.05, 4.69) is 35.3 Å². The van der Waals surface area contributed by atoms with Crippen molar-refractivity contribution in [3.63, 3.8) is 0 Å². The summed E-state index contributed by atoms with van der Waals surface area (Å²) >= 11 is 0. The molecule has 2 aromatic rings. The number of ether oxygens (including phenoxy) is 2. The van der Waals surface area contributed by atoms with Crippen LogP contribution in [0.5, 0.6) is 11.5 Å². The minimum atomic E-state index is -0.0572. The average molecular weight is 340 g/mol. The summed E-state index contributed by atoms with van der Waals surface area (Å²) in [5.41, 5.74) is 3.19. The Hall–Kier alpha value is -2.53. The summed E-state index contributed by atoms with van der Waals surface area (Å²) < 4.78 is 11.4. The lowest BCUT2D eigenvalue weighted by molar-refractivity contribution is -0.114. The number of methoxy groups -OCH3 is 1. The molecule has 3 rings (SSSR count). The Bertz CT molecular complexity index is 743. The molecule has 1 aliphatic rings. The first-order valence-electron chi connectivity index (χ1n) is 8.46. The lowest BCUT2D eigenvalue weighted by atomic mass is 10.1. The Morgan fingerprint density at radius 1 is 1.28 bits per heavy atom. The van der Waals surface area contributed by atoms with Gasteiger partial charge in [0.2, 0.25) is 5.91 Å². The van der Waals surface area contributed by atoms with Crippen LogP contribution in [-0.2, 0) is 17.9 Å². The van der Waals surface area contributed by atoms with Gasteiger partial charge < -0.3 is 14.8 Å². The Labute approximate surface area is 148 Å². The Kier molecular flexibility index (Phi) is 5.24. The summed E-state index contributed by atoms with van der Waals surface area (Å²) in [4.78, 5) is 13.5. The largest absolute Gasteiger partial charge is 0.497 e. The molecule has 5 nitrogen and oxygen atoms in total. The summed E-state index contributed by atoms with van der Waals surface area (Å²) in [6.07, 6.45) is 0.104. The topological polar surface area (TPSA) is 50.8 Å². The van der Waals surface area contributed by atoms with Crippen LogP contribution in [0.3, 0.4) is 0 Å². The minimum Gasteiger partial charge on any atom is -0.497 e. The van der Waals surface area contributed by atoms with Crippen molar-refractivity contribution in [3.8, 4) is 11.5 Å². The molecule has 0 saturated heterocycles. The van der Waals surface area contributed by atoms with Crippen molar-refractivity contribution in [2.75, 3.05) is 19.0 Å². The molecule has 0 fully saturated rings. The molecule has 0 spiro atoms. The molecule has 132 valence electrons. The van der Waals surface area contributed by atoms with E-state index in [1.165, 1.54) is 18.1 Å². The molecule has 1 aliphatic heterocycles. The third-order valence-electron chi connectivity index (χ3n) is 4.19.